The van der Waals surface area contributed by atoms with Crippen LogP contribution in [0.4, 0.5) is 0 Å². The average Bonchev–Trinajstić information content (AvgIpc) is 1.95. The molecule has 0 amide bonds. The van der Waals surface area contributed by atoms with Gasteiger partial charge in [0, 0.05) is 0 Å². The monoisotopic (exact) mass is 292 g/mol. The normalized spacial score (nSPS) is 45.7. The van der Waals surface area contributed by atoms with Crippen LogP contribution in [0.25, 0.3) is 0 Å². The summed E-state index contributed by atoms with van der Waals surface area (Å²) in [6.45, 7) is 0. The number of hydrogen-bond donors (Lipinski definition) is 1. The van der Waals surface area contributed by atoms with Crippen LogP contribution < -0.4 is 0 Å². The number of hydrogen-bond acceptors (Lipinski definition) is 3. The predicted octanol–water partition coefficient (Wildman–Crippen LogP) is 0.260. The van der Waals surface area contributed by atoms with E-state index in [0.717, 1.165) is 0 Å². The summed E-state index contributed by atoms with van der Waals surface area (Å²) < 4.78 is 21.2. The third-order valence-electron chi connectivity index (χ3n) is 1.36. The van der Waals surface area contributed by atoms with E-state index in [1.165, 1.54) is 0 Å². The van der Waals surface area contributed by atoms with Gasteiger partial charge in [0.05, 0.1) is 16.7 Å². The molecule has 1 fully saturated rings. The van der Waals surface area contributed by atoms with Crippen molar-refractivity contribution in [3.63, 3.8) is 0 Å². The average molecular weight is 294 g/mol. The molecule has 0 bridgehead atoms. The van der Waals surface area contributed by atoms with Crippen LogP contribution in [-0.4, -0.2) is 34.4 Å². The second-order valence-corrected chi connectivity index (χ2v) is 7.01. The van der Waals surface area contributed by atoms with Crippen LogP contribution in [0.1, 0.15) is 0 Å². The first-order valence-electron chi connectivity index (χ1n) is 2.63. The number of halogens is 2. The van der Waals surface area contributed by atoms with E-state index < -0.39 is 20.1 Å². The second-order valence-electron chi connectivity index (χ2n) is 2.19. The lowest BCUT2D eigenvalue weighted by Gasteiger charge is -2.05. The van der Waals surface area contributed by atoms with E-state index >= 15 is 0 Å². The molecule has 3 atom stereocenters. The van der Waals surface area contributed by atoms with Gasteiger partial charge in [-0.05, 0) is 0 Å². The summed E-state index contributed by atoms with van der Waals surface area (Å²) in [5.74, 6) is -0.154. The highest BCUT2D eigenvalue weighted by Crippen LogP contribution is 2.31. The summed E-state index contributed by atoms with van der Waals surface area (Å²) in [6.07, 6.45) is -0.783. The Morgan fingerprint density at radius 3 is 2.00 bits per heavy atom. The van der Waals surface area contributed by atoms with Crippen molar-refractivity contribution in [2.75, 3.05) is 5.75 Å². The zero-order valence-corrected chi connectivity index (χ0v) is 8.86. The second kappa shape index (κ2) is 2.73. The highest BCUT2D eigenvalue weighted by molar-refractivity contribution is 9.13. The van der Waals surface area contributed by atoms with Crippen LogP contribution in [0.15, 0.2) is 0 Å². The van der Waals surface area contributed by atoms with Crippen LogP contribution in [0.3, 0.4) is 0 Å². The summed E-state index contributed by atoms with van der Waals surface area (Å²) in [6, 6.07) is 0. The largest absolute Gasteiger partial charge is 0.391 e. The lowest BCUT2D eigenvalue weighted by Crippen LogP contribution is -2.19. The highest BCUT2D eigenvalue weighted by Gasteiger charge is 2.43. The zero-order chi connectivity index (χ0) is 7.94. The number of rotatable bonds is 0. The summed E-state index contributed by atoms with van der Waals surface area (Å²) >= 11 is 6.04. The van der Waals surface area contributed by atoms with Gasteiger partial charge in [-0.2, -0.15) is 0 Å². The Labute approximate surface area is 76.0 Å². The van der Waals surface area contributed by atoms with E-state index in [1.807, 2.05) is 0 Å². The van der Waals surface area contributed by atoms with Gasteiger partial charge in [0.25, 0.3) is 0 Å². The lowest BCUT2D eigenvalue weighted by molar-refractivity contribution is 0.208. The predicted molar refractivity (Wildman–Crippen MR) is 45.2 cm³/mol. The van der Waals surface area contributed by atoms with Gasteiger partial charge in [0.1, 0.15) is 4.16 Å². The standard InChI is InChI=1S/C4H6Br2O3S/c5-3-2(7)1-10(8,9)4(3)6/h2-4,7H,1H2/t2?,3-,4-/m0/s1. The lowest BCUT2D eigenvalue weighted by atomic mass is 10.3. The van der Waals surface area contributed by atoms with Gasteiger partial charge in [-0.3, -0.25) is 0 Å². The summed E-state index contributed by atoms with van der Waals surface area (Å²) in [5, 5.41) is 9.05. The van der Waals surface area contributed by atoms with Gasteiger partial charge in [-0.25, -0.2) is 8.42 Å². The third-order valence-corrected chi connectivity index (χ3v) is 7.63. The quantitative estimate of drug-likeness (QED) is 0.652. The van der Waals surface area contributed by atoms with Crippen molar-refractivity contribution in [1.29, 1.82) is 0 Å². The molecule has 1 heterocycles. The molecular weight excluding hydrogens is 288 g/mol. The molecule has 1 unspecified atom stereocenters. The van der Waals surface area contributed by atoms with E-state index in [1.54, 1.807) is 0 Å². The van der Waals surface area contributed by atoms with Crippen molar-refractivity contribution in [3.8, 4) is 0 Å². The van der Waals surface area contributed by atoms with Crippen molar-refractivity contribution in [3.05, 3.63) is 0 Å². The smallest absolute Gasteiger partial charge is 0.166 e. The first-order chi connectivity index (χ1) is 4.45. The molecule has 0 aliphatic carbocycles. The molecular formula is C4H6Br2O3S. The maximum Gasteiger partial charge on any atom is 0.166 e. The molecule has 1 aliphatic rings. The maximum absolute atomic E-state index is 10.9. The summed E-state index contributed by atoms with van der Waals surface area (Å²) in [4.78, 5) is -0.377. The van der Waals surface area contributed by atoms with Crippen LogP contribution in [0.5, 0.6) is 0 Å². The molecule has 0 radical (unpaired) electrons. The molecule has 1 rings (SSSR count). The van der Waals surface area contributed by atoms with Crippen molar-refractivity contribution in [2.24, 2.45) is 0 Å². The van der Waals surface area contributed by atoms with E-state index in [0.29, 0.717) is 0 Å². The Morgan fingerprint density at radius 1 is 1.40 bits per heavy atom. The van der Waals surface area contributed by atoms with Crippen molar-refractivity contribution in [2.45, 2.75) is 15.1 Å². The van der Waals surface area contributed by atoms with Crippen molar-refractivity contribution >= 4 is 41.7 Å². The van der Waals surface area contributed by atoms with E-state index in [-0.39, 0.29) is 10.6 Å². The molecule has 6 heteroatoms. The topological polar surface area (TPSA) is 54.4 Å². The Morgan fingerprint density at radius 2 is 1.90 bits per heavy atom. The van der Waals surface area contributed by atoms with Gasteiger partial charge < -0.3 is 5.11 Å². The SMILES string of the molecule is O=S1(=O)CC(O)[C@H](Br)[C@H]1Br. The zero-order valence-electron chi connectivity index (χ0n) is 4.87. The van der Waals surface area contributed by atoms with Crippen LogP contribution in [0, 0.1) is 0 Å². The fourth-order valence-corrected chi connectivity index (χ4v) is 4.47. The third kappa shape index (κ3) is 1.39. The van der Waals surface area contributed by atoms with Gasteiger partial charge in [-0.1, -0.05) is 31.9 Å². The number of aliphatic hydroxyl groups excluding tert-OH is 1. The van der Waals surface area contributed by atoms with Crippen LogP contribution in [-0.2, 0) is 9.84 Å². The Hall–Kier alpha value is 0.870. The molecule has 1 saturated heterocycles. The van der Waals surface area contributed by atoms with Gasteiger partial charge in [0.15, 0.2) is 9.84 Å². The maximum atomic E-state index is 10.9. The Bertz CT molecular complexity index is 225. The molecule has 10 heavy (non-hydrogen) atoms. The van der Waals surface area contributed by atoms with E-state index in [9.17, 15) is 8.42 Å². The molecule has 0 aromatic rings. The van der Waals surface area contributed by atoms with Crippen molar-refractivity contribution < 1.29 is 13.5 Å². The molecule has 0 spiro atoms. The minimum atomic E-state index is -3.10. The Balaban J connectivity index is 2.93. The summed E-state index contributed by atoms with van der Waals surface area (Å²) in [5.41, 5.74) is 0. The van der Waals surface area contributed by atoms with Crippen molar-refractivity contribution in [1.82, 2.24) is 0 Å². The Kier molecular flexibility index (Phi) is 2.45. The number of alkyl halides is 2. The first-order valence-corrected chi connectivity index (χ1v) is 6.17. The molecule has 0 aromatic carbocycles. The van der Waals surface area contributed by atoms with Gasteiger partial charge >= 0.3 is 0 Å². The number of sulfone groups is 1. The molecule has 60 valence electrons. The van der Waals surface area contributed by atoms with Crippen LogP contribution >= 0.6 is 31.9 Å². The van der Waals surface area contributed by atoms with E-state index in [4.69, 9.17) is 5.11 Å². The fraction of sp³-hybridized carbons (Fsp3) is 1.00. The molecule has 1 N–H and O–H groups in total. The van der Waals surface area contributed by atoms with Gasteiger partial charge in [0.2, 0.25) is 0 Å². The van der Waals surface area contributed by atoms with E-state index in [2.05, 4.69) is 31.9 Å². The highest BCUT2D eigenvalue weighted by atomic mass is 79.9. The minimum Gasteiger partial charge on any atom is -0.391 e. The molecule has 3 nitrogen and oxygen atoms in total. The first kappa shape index (κ1) is 8.96. The fourth-order valence-electron chi connectivity index (χ4n) is 0.795. The minimum absolute atomic E-state index is 0.154. The molecule has 0 aromatic heterocycles. The summed E-state index contributed by atoms with van der Waals surface area (Å²) in [7, 11) is -3.10. The van der Waals surface area contributed by atoms with Crippen LogP contribution in [0.2, 0.25) is 0 Å². The van der Waals surface area contributed by atoms with Gasteiger partial charge in [-0.15, -0.1) is 0 Å². The molecule has 0 saturated carbocycles. The molecule has 1 aliphatic heterocycles. The number of aliphatic hydroxyl groups is 1.